The van der Waals surface area contributed by atoms with Gasteiger partial charge in [-0.15, -0.1) is 0 Å². The van der Waals surface area contributed by atoms with Gasteiger partial charge in [-0.05, 0) is 44.2 Å². The fraction of sp³-hybridized carbons (Fsp3) is 0.350. The Kier molecular flexibility index (Phi) is 6.82. The third kappa shape index (κ3) is 5.70. The lowest BCUT2D eigenvalue weighted by Gasteiger charge is -2.17. The summed E-state index contributed by atoms with van der Waals surface area (Å²) in [7, 11) is 1.92. The van der Waals surface area contributed by atoms with Crippen LogP contribution in [0, 0.1) is 6.92 Å². The number of aryl methyl sites for hydroxylation is 2. The molecule has 0 radical (unpaired) electrons. The standard InChI is InChI=1S/C20H26N2O2/c1-4-17-7-5-6-8-19(17)21-20(23)15-22(3)13-14-24-18-11-9-16(2)10-12-18/h5-12H,4,13-15H2,1-3H3,(H,21,23). The number of carbonyl (C=O) groups is 1. The maximum atomic E-state index is 12.2. The average molecular weight is 326 g/mol. The smallest absolute Gasteiger partial charge is 0.238 e. The van der Waals surface area contributed by atoms with E-state index in [1.165, 1.54) is 5.56 Å². The van der Waals surface area contributed by atoms with E-state index >= 15 is 0 Å². The van der Waals surface area contributed by atoms with Crippen molar-refractivity contribution >= 4 is 11.6 Å². The van der Waals surface area contributed by atoms with Gasteiger partial charge in [0.1, 0.15) is 12.4 Å². The van der Waals surface area contributed by atoms with E-state index in [9.17, 15) is 4.79 Å². The van der Waals surface area contributed by atoms with Crippen molar-refractivity contribution < 1.29 is 9.53 Å². The average Bonchev–Trinajstić information content (AvgIpc) is 2.57. The van der Waals surface area contributed by atoms with Crippen LogP contribution < -0.4 is 10.1 Å². The summed E-state index contributed by atoms with van der Waals surface area (Å²) in [5, 5.41) is 2.99. The Hall–Kier alpha value is -2.33. The molecule has 1 N–H and O–H groups in total. The maximum Gasteiger partial charge on any atom is 0.238 e. The van der Waals surface area contributed by atoms with Gasteiger partial charge in [0.2, 0.25) is 5.91 Å². The minimum absolute atomic E-state index is 0.00580. The number of ether oxygens (including phenoxy) is 1. The lowest BCUT2D eigenvalue weighted by molar-refractivity contribution is -0.117. The van der Waals surface area contributed by atoms with Crippen LogP contribution in [-0.2, 0) is 11.2 Å². The first kappa shape index (κ1) is 18.0. The quantitative estimate of drug-likeness (QED) is 0.807. The molecule has 4 nitrogen and oxygen atoms in total. The van der Waals surface area contributed by atoms with E-state index in [1.807, 2.05) is 67.4 Å². The molecule has 0 aromatic heterocycles. The van der Waals surface area contributed by atoms with Crippen LogP contribution >= 0.6 is 0 Å². The van der Waals surface area contributed by atoms with Gasteiger partial charge in [-0.1, -0.05) is 42.8 Å². The first-order valence-corrected chi connectivity index (χ1v) is 8.34. The predicted molar refractivity (Wildman–Crippen MR) is 98.6 cm³/mol. The van der Waals surface area contributed by atoms with E-state index in [0.29, 0.717) is 19.7 Å². The molecule has 24 heavy (non-hydrogen) atoms. The highest BCUT2D eigenvalue weighted by Gasteiger charge is 2.09. The molecule has 0 bridgehead atoms. The summed E-state index contributed by atoms with van der Waals surface area (Å²) < 4.78 is 5.69. The van der Waals surface area contributed by atoms with Crippen LogP contribution in [0.3, 0.4) is 0 Å². The van der Waals surface area contributed by atoms with Crippen molar-refractivity contribution in [2.24, 2.45) is 0 Å². The topological polar surface area (TPSA) is 41.6 Å². The van der Waals surface area contributed by atoms with E-state index in [-0.39, 0.29) is 5.91 Å². The molecule has 2 aromatic rings. The molecular weight excluding hydrogens is 300 g/mol. The monoisotopic (exact) mass is 326 g/mol. The molecule has 0 fully saturated rings. The fourth-order valence-electron chi connectivity index (χ4n) is 2.42. The van der Waals surface area contributed by atoms with E-state index in [1.54, 1.807) is 0 Å². The van der Waals surface area contributed by atoms with Crippen molar-refractivity contribution in [2.45, 2.75) is 20.3 Å². The summed E-state index contributed by atoms with van der Waals surface area (Å²) in [6.45, 7) is 5.72. The van der Waals surface area contributed by atoms with E-state index in [4.69, 9.17) is 4.74 Å². The number of benzene rings is 2. The highest BCUT2D eigenvalue weighted by molar-refractivity contribution is 5.92. The number of hydrogen-bond acceptors (Lipinski definition) is 3. The molecule has 1 amide bonds. The zero-order valence-corrected chi connectivity index (χ0v) is 14.7. The molecule has 0 unspecified atom stereocenters. The maximum absolute atomic E-state index is 12.2. The van der Waals surface area contributed by atoms with Gasteiger partial charge >= 0.3 is 0 Å². The second kappa shape index (κ2) is 9.08. The molecule has 2 aromatic carbocycles. The lowest BCUT2D eigenvalue weighted by atomic mass is 10.1. The summed E-state index contributed by atoms with van der Waals surface area (Å²) in [5.41, 5.74) is 3.26. The molecule has 0 saturated heterocycles. The summed E-state index contributed by atoms with van der Waals surface area (Å²) >= 11 is 0. The minimum Gasteiger partial charge on any atom is -0.492 e. The Balaban J connectivity index is 1.74. The SMILES string of the molecule is CCc1ccccc1NC(=O)CN(C)CCOc1ccc(C)cc1. The predicted octanol–water partition coefficient (Wildman–Crippen LogP) is 3.51. The van der Waals surface area contributed by atoms with Crippen molar-refractivity contribution in [1.82, 2.24) is 4.90 Å². The number of anilines is 1. The van der Waals surface area contributed by atoms with Crippen molar-refractivity contribution in [3.63, 3.8) is 0 Å². The highest BCUT2D eigenvalue weighted by atomic mass is 16.5. The number of nitrogens with zero attached hydrogens (tertiary/aromatic N) is 1. The first-order valence-electron chi connectivity index (χ1n) is 8.34. The largest absolute Gasteiger partial charge is 0.492 e. The van der Waals surface area contributed by atoms with Gasteiger partial charge in [0.15, 0.2) is 0 Å². The Labute approximate surface area is 144 Å². The van der Waals surface area contributed by atoms with Crippen LogP contribution in [0.25, 0.3) is 0 Å². The van der Waals surface area contributed by atoms with Gasteiger partial charge in [0.25, 0.3) is 0 Å². The van der Waals surface area contributed by atoms with Gasteiger partial charge in [-0.2, -0.15) is 0 Å². The van der Waals surface area contributed by atoms with Gasteiger partial charge < -0.3 is 10.1 Å². The molecule has 0 spiro atoms. The number of carbonyl (C=O) groups excluding carboxylic acids is 1. The Morgan fingerprint density at radius 3 is 2.54 bits per heavy atom. The van der Waals surface area contributed by atoms with Gasteiger partial charge in [0.05, 0.1) is 6.54 Å². The van der Waals surface area contributed by atoms with Crippen molar-refractivity contribution in [1.29, 1.82) is 0 Å². The molecule has 0 atom stereocenters. The Bertz CT molecular complexity index is 653. The summed E-state index contributed by atoms with van der Waals surface area (Å²) in [4.78, 5) is 14.1. The number of amides is 1. The van der Waals surface area contributed by atoms with Crippen LogP contribution in [0.2, 0.25) is 0 Å². The van der Waals surface area contributed by atoms with Crippen molar-refractivity contribution in [3.8, 4) is 5.75 Å². The van der Waals surface area contributed by atoms with Gasteiger partial charge in [0, 0.05) is 12.2 Å². The second-order valence-corrected chi connectivity index (χ2v) is 5.96. The Morgan fingerprint density at radius 1 is 1.12 bits per heavy atom. The summed E-state index contributed by atoms with van der Waals surface area (Å²) in [5.74, 6) is 0.851. The molecule has 0 aliphatic rings. The highest BCUT2D eigenvalue weighted by Crippen LogP contribution is 2.15. The first-order chi connectivity index (χ1) is 11.6. The van der Waals surface area contributed by atoms with Gasteiger partial charge in [-0.25, -0.2) is 0 Å². The summed E-state index contributed by atoms with van der Waals surface area (Å²) in [6, 6.07) is 15.9. The third-order valence-electron chi connectivity index (χ3n) is 3.85. The van der Waals surface area contributed by atoms with Crippen LogP contribution in [0.4, 0.5) is 5.69 Å². The third-order valence-corrected chi connectivity index (χ3v) is 3.85. The fourth-order valence-corrected chi connectivity index (χ4v) is 2.42. The van der Waals surface area contributed by atoms with Gasteiger partial charge in [-0.3, -0.25) is 9.69 Å². The van der Waals surface area contributed by atoms with Crippen LogP contribution in [0.1, 0.15) is 18.1 Å². The number of likely N-dealkylation sites (N-methyl/N-ethyl adjacent to an activating group) is 1. The molecule has 0 aliphatic heterocycles. The summed E-state index contributed by atoms with van der Waals surface area (Å²) in [6.07, 6.45) is 0.899. The van der Waals surface area contributed by atoms with Crippen LogP contribution in [-0.4, -0.2) is 37.6 Å². The van der Waals surface area contributed by atoms with Crippen LogP contribution in [0.5, 0.6) is 5.75 Å². The molecule has 0 heterocycles. The molecule has 4 heteroatoms. The lowest BCUT2D eigenvalue weighted by Crippen LogP contribution is -2.33. The number of rotatable bonds is 8. The molecule has 128 valence electrons. The normalized spacial score (nSPS) is 10.7. The van der Waals surface area contributed by atoms with E-state index in [0.717, 1.165) is 23.4 Å². The number of hydrogen-bond donors (Lipinski definition) is 1. The van der Waals surface area contributed by atoms with Crippen molar-refractivity contribution in [3.05, 3.63) is 59.7 Å². The molecule has 0 aliphatic carbocycles. The molecule has 0 saturated carbocycles. The number of para-hydroxylation sites is 1. The van der Waals surface area contributed by atoms with E-state index < -0.39 is 0 Å². The Morgan fingerprint density at radius 2 is 1.83 bits per heavy atom. The van der Waals surface area contributed by atoms with Crippen molar-refractivity contribution in [2.75, 3.05) is 32.1 Å². The van der Waals surface area contributed by atoms with E-state index in [2.05, 4.69) is 12.2 Å². The molecular formula is C20H26N2O2. The minimum atomic E-state index is -0.00580. The molecule has 2 rings (SSSR count). The second-order valence-electron chi connectivity index (χ2n) is 5.96. The number of nitrogens with one attached hydrogen (secondary N) is 1. The van der Waals surface area contributed by atoms with Crippen LogP contribution in [0.15, 0.2) is 48.5 Å². The zero-order chi connectivity index (χ0) is 17.4. The zero-order valence-electron chi connectivity index (χ0n) is 14.7.